The van der Waals surface area contributed by atoms with Crippen molar-refractivity contribution in [3.05, 3.63) is 106 Å². The number of aryl methyl sites for hydroxylation is 1. The number of fused-ring (bicyclic) bond motifs is 2. The van der Waals surface area contributed by atoms with Crippen LogP contribution in [0.2, 0.25) is 0 Å². The van der Waals surface area contributed by atoms with E-state index < -0.39 is 0 Å². The number of hydrogen-bond acceptors (Lipinski definition) is 3. The van der Waals surface area contributed by atoms with Crippen LogP contribution in [0.15, 0.2) is 66.9 Å². The van der Waals surface area contributed by atoms with Crippen LogP contribution in [0.25, 0.3) is 6.08 Å². The van der Waals surface area contributed by atoms with Crippen molar-refractivity contribution in [1.82, 2.24) is 15.2 Å². The summed E-state index contributed by atoms with van der Waals surface area (Å²) in [7, 11) is 0. The van der Waals surface area contributed by atoms with Gasteiger partial charge in [-0.1, -0.05) is 54.6 Å². The number of nitrogens with one attached hydrogen (secondary N) is 1. The van der Waals surface area contributed by atoms with Gasteiger partial charge in [-0.15, -0.1) is 0 Å². The molecule has 0 atom stereocenters. The molecule has 5 rings (SSSR count). The number of pyridine rings is 1. The first-order chi connectivity index (χ1) is 15.7. The van der Waals surface area contributed by atoms with E-state index in [1.54, 1.807) is 6.08 Å². The monoisotopic (exact) mass is 423 g/mol. The topological polar surface area (TPSA) is 45.2 Å². The van der Waals surface area contributed by atoms with Crippen LogP contribution in [0.4, 0.5) is 0 Å². The first-order valence-corrected chi connectivity index (χ1v) is 11.5. The van der Waals surface area contributed by atoms with Crippen LogP contribution in [0, 0.1) is 6.92 Å². The Morgan fingerprint density at radius 3 is 2.53 bits per heavy atom. The van der Waals surface area contributed by atoms with Crippen LogP contribution >= 0.6 is 0 Å². The number of carbonyl (C=O) groups excluding carboxylic acids is 1. The maximum absolute atomic E-state index is 12.4. The largest absolute Gasteiger partial charge is 0.348 e. The van der Waals surface area contributed by atoms with Crippen molar-refractivity contribution in [2.45, 2.75) is 45.3 Å². The van der Waals surface area contributed by atoms with Crippen molar-refractivity contribution in [1.29, 1.82) is 0 Å². The summed E-state index contributed by atoms with van der Waals surface area (Å²) >= 11 is 0. The molecule has 2 aliphatic rings. The molecule has 162 valence electrons. The van der Waals surface area contributed by atoms with Gasteiger partial charge in [0.15, 0.2) is 0 Å². The summed E-state index contributed by atoms with van der Waals surface area (Å²) in [4.78, 5) is 19.7. The smallest absolute Gasteiger partial charge is 0.244 e. The van der Waals surface area contributed by atoms with Gasteiger partial charge < -0.3 is 5.32 Å². The van der Waals surface area contributed by atoms with Gasteiger partial charge >= 0.3 is 0 Å². The minimum atomic E-state index is -0.0768. The Morgan fingerprint density at radius 2 is 1.78 bits per heavy atom. The SMILES string of the molecule is Cc1ncc2c(c1CNC(=O)C=Cc1ccccc1)CCN(C1Cc3ccccc3C1)C2. The second-order valence-corrected chi connectivity index (χ2v) is 8.84. The third kappa shape index (κ3) is 4.37. The molecular weight excluding hydrogens is 394 g/mol. The number of aromatic nitrogens is 1. The van der Waals surface area contributed by atoms with Gasteiger partial charge in [0.1, 0.15) is 0 Å². The third-order valence-corrected chi connectivity index (χ3v) is 6.84. The van der Waals surface area contributed by atoms with E-state index in [1.807, 2.05) is 49.5 Å². The van der Waals surface area contributed by atoms with E-state index in [9.17, 15) is 4.79 Å². The zero-order chi connectivity index (χ0) is 21.9. The predicted octanol–water partition coefficient (Wildman–Crippen LogP) is 4.25. The van der Waals surface area contributed by atoms with E-state index in [1.165, 1.54) is 27.8 Å². The van der Waals surface area contributed by atoms with Gasteiger partial charge in [-0.2, -0.15) is 0 Å². The standard InChI is InChI=1S/C28H29N3O/c1-20-27(18-30-28(32)12-11-21-7-3-2-4-8-21)26-13-14-31(19-24(26)17-29-20)25-15-22-9-5-6-10-23(22)16-25/h2-12,17,25H,13-16,18-19H2,1H3,(H,30,32). The molecule has 0 saturated heterocycles. The summed E-state index contributed by atoms with van der Waals surface area (Å²) in [5.74, 6) is -0.0768. The highest BCUT2D eigenvalue weighted by Gasteiger charge is 2.30. The molecule has 1 aromatic heterocycles. The maximum Gasteiger partial charge on any atom is 0.244 e. The number of nitrogens with zero attached hydrogens (tertiary/aromatic N) is 2. The number of benzene rings is 2. The summed E-state index contributed by atoms with van der Waals surface area (Å²) in [6.45, 7) is 4.57. The average molecular weight is 424 g/mol. The summed E-state index contributed by atoms with van der Waals surface area (Å²) in [6, 6.07) is 19.3. The van der Waals surface area contributed by atoms with Crippen molar-refractivity contribution in [2.24, 2.45) is 0 Å². The van der Waals surface area contributed by atoms with Gasteiger partial charge in [-0.25, -0.2) is 0 Å². The second kappa shape index (κ2) is 9.09. The second-order valence-electron chi connectivity index (χ2n) is 8.84. The average Bonchev–Trinajstić information content (AvgIpc) is 3.27. The summed E-state index contributed by atoms with van der Waals surface area (Å²) in [5, 5.41) is 3.06. The van der Waals surface area contributed by atoms with Crippen LogP contribution in [-0.2, 0) is 37.1 Å². The van der Waals surface area contributed by atoms with Crippen LogP contribution in [0.3, 0.4) is 0 Å². The lowest BCUT2D eigenvalue weighted by molar-refractivity contribution is -0.116. The van der Waals surface area contributed by atoms with Gasteiger partial charge in [-0.3, -0.25) is 14.7 Å². The van der Waals surface area contributed by atoms with Gasteiger partial charge in [0.05, 0.1) is 0 Å². The van der Waals surface area contributed by atoms with Crippen molar-refractivity contribution < 1.29 is 4.79 Å². The molecule has 0 unspecified atom stereocenters. The fraction of sp³-hybridized carbons (Fsp3) is 0.286. The lowest BCUT2D eigenvalue weighted by Gasteiger charge is -2.34. The third-order valence-electron chi connectivity index (χ3n) is 6.84. The molecule has 0 saturated carbocycles. The highest BCUT2D eigenvalue weighted by molar-refractivity contribution is 5.91. The summed E-state index contributed by atoms with van der Waals surface area (Å²) in [5.41, 5.74) is 8.89. The molecule has 32 heavy (non-hydrogen) atoms. The van der Waals surface area contributed by atoms with Crippen LogP contribution in [-0.4, -0.2) is 28.4 Å². The molecule has 1 aliphatic carbocycles. The molecule has 0 radical (unpaired) electrons. The van der Waals surface area contributed by atoms with Crippen molar-refractivity contribution in [2.75, 3.05) is 6.54 Å². The van der Waals surface area contributed by atoms with Crippen LogP contribution < -0.4 is 5.32 Å². The van der Waals surface area contributed by atoms with Gasteiger partial charge in [0.25, 0.3) is 0 Å². The minimum absolute atomic E-state index is 0.0768. The molecule has 1 aliphatic heterocycles. The Kier molecular flexibility index (Phi) is 5.87. The van der Waals surface area contributed by atoms with E-state index in [-0.39, 0.29) is 5.91 Å². The van der Waals surface area contributed by atoms with Gasteiger partial charge in [-0.05, 0) is 65.6 Å². The molecule has 4 nitrogen and oxygen atoms in total. The molecule has 1 amide bonds. The Balaban J connectivity index is 1.25. The summed E-state index contributed by atoms with van der Waals surface area (Å²) in [6.07, 6.45) is 8.78. The first-order valence-electron chi connectivity index (χ1n) is 11.5. The van der Waals surface area contributed by atoms with Crippen molar-refractivity contribution in [3.63, 3.8) is 0 Å². The number of carbonyl (C=O) groups is 1. The van der Waals surface area contributed by atoms with Crippen LogP contribution in [0.5, 0.6) is 0 Å². The first kappa shape index (κ1) is 20.7. The Labute approximate surface area is 190 Å². The fourth-order valence-electron chi connectivity index (χ4n) is 5.05. The number of rotatable bonds is 5. The minimum Gasteiger partial charge on any atom is -0.348 e. The van der Waals surface area contributed by atoms with E-state index in [0.29, 0.717) is 12.6 Å². The molecule has 0 fully saturated rings. The zero-order valence-electron chi connectivity index (χ0n) is 18.6. The molecule has 4 heteroatoms. The van der Waals surface area contributed by atoms with Gasteiger partial charge in [0, 0.05) is 43.6 Å². The lowest BCUT2D eigenvalue weighted by Crippen LogP contribution is -2.40. The zero-order valence-corrected chi connectivity index (χ0v) is 18.6. The molecule has 2 heterocycles. The fourth-order valence-corrected chi connectivity index (χ4v) is 5.05. The van der Waals surface area contributed by atoms with Crippen LogP contribution in [0.1, 0.15) is 39.1 Å². The molecule has 0 spiro atoms. The molecule has 3 aromatic rings. The molecule has 2 aromatic carbocycles. The predicted molar refractivity (Wildman–Crippen MR) is 128 cm³/mol. The van der Waals surface area contributed by atoms with E-state index in [4.69, 9.17) is 0 Å². The molecule has 1 N–H and O–H groups in total. The van der Waals surface area contributed by atoms with Gasteiger partial charge in [0.2, 0.25) is 5.91 Å². The van der Waals surface area contributed by atoms with Crippen molar-refractivity contribution >= 4 is 12.0 Å². The molecule has 0 bridgehead atoms. The Hall–Kier alpha value is -3.24. The normalized spacial score (nSPS) is 16.2. The highest BCUT2D eigenvalue weighted by atomic mass is 16.1. The Morgan fingerprint density at radius 1 is 1.06 bits per heavy atom. The van der Waals surface area contributed by atoms with E-state index in [2.05, 4.69) is 39.5 Å². The molecular formula is C28H29N3O. The van der Waals surface area contributed by atoms with E-state index in [0.717, 1.165) is 43.6 Å². The highest BCUT2D eigenvalue weighted by Crippen LogP contribution is 2.30. The van der Waals surface area contributed by atoms with Crippen molar-refractivity contribution in [3.8, 4) is 0 Å². The summed E-state index contributed by atoms with van der Waals surface area (Å²) < 4.78 is 0. The maximum atomic E-state index is 12.4. The number of amides is 1. The quantitative estimate of drug-likeness (QED) is 0.624. The lowest BCUT2D eigenvalue weighted by atomic mass is 9.93. The van der Waals surface area contributed by atoms with E-state index >= 15 is 0 Å². The Bertz CT molecular complexity index is 1130. The number of hydrogen-bond donors (Lipinski definition) is 1.